The molecule has 3 N–H and O–H groups in total. The summed E-state index contributed by atoms with van der Waals surface area (Å²) in [4.78, 5) is 22.8. The van der Waals surface area contributed by atoms with Gasteiger partial charge in [-0.25, -0.2) is 19.7 Å². The van der Waals surface area contributed by atoms with E-state index in [2.05, 4.69) is 15.0 Å². The molecule has 0 aromatic carbocycles. The van der Waals surface area contributed by atoms with Gasteiger partial charge in [0.25, 0.3) is 0 Å². The standard InChI is InChI=1S/C12H12N4O3/c1-19-10-3-2-7(5-15-10)4-9-14-6-8(12(17)18)11(13)16-9/h2-3,5-6H,4H2,1H3,(H,17,18)(H2,13,14,16). The number of hydrogen-bond donors (Lipinski definition) is 2. The molecule has 0 aliphatic heterocycles. The third-order valence-corrected chi connectivity index (χ3v) is 2.47. The molecule has 19 heavy (non-hydrogen) atoms. The Hall–Kier alpha value is -2.70. The normalized spacial score (nSPS) is 10.2. The molecule has 2 rings (SSSR count). The van der Waals surface area contributed by atoms with Crippen molar-refractivity contribution in [1.82, 2.24) is 15.0 Å². The fourth-order valence-corrected chi connectivity index (χ4v) is 1.50. The van der Waals surface area contributed by atoms with E-state index >= 15 is 0 Å². The molecule has 0 fully saturated rings. The first-order valence-electron chi connectivity index (χ1n) is 5.43. The number of nitrogens with two attached hydrogens (primary N) is 1. The van der Waals surface area contributed by atoms with Gasteiger partial charge in [-0.3, -0.25) is 0 Å². The van der Waals surface area contributed by atoms with Crippen LogP contribution in [0.5, 0.6) is 5.88 Å². The second-order valence-corrected chi connectivity index (χ2v) is 3.78. The van der Waals surface area contributed by atoms with Crippen molar-refractivity contribution < 1.29 is 14.6 Å². The van der Waals surface area contributed by atoms with Crippen molar-refractivity contribution in [2.24, 2.45) is 0 Å². The molecule has 0 aliphatic rings. The van der Waals surface area contributed by atoms with E-state index in [1.165, 1.54) is 13.3 Å². The molecule has 0 radical (unpaired) electrons. The lowest BCUT2D eigenvalue weighted by molar-refractivity contribution is 0.0697. The minimum absolute atomic E-state index is 0.0426. The fourth-order valence-electron chi connectivity index (χ4n) is 1.50. The van der Waals surface area contributed by atoms with E-state index in [1.807, 2.05) is 6.07 Å². The van der Waals surface area contributed by atoms with E-state index < -0.39 is 5.97 Å². The number of carbonyl (C=O) groups is 1. The number of ether oxygens (including phenoxy) is 1. The van der Waals surface area contributed by atoms with Gasteiger partial charge in [0.15, 0.2) is 0 Å². The number of aromatic nitrogens is 3. The Morgan fingerprint density at radius 1 is 1.37 bits per heavy atom. The van der Waals surface area contributed by atoms with Gasteiger partial charge >= 0.3 is 5.97 Å². The Morgan fingerprint density at radius 2 is 2.16 bits per heavy atom. The van der Waals surface area contributed by atoms with Crippen molar-refractivity contribution >= 4 is 11.8 Å². The summed E-state index contributed by atoms with van der Waals surface area (Å²) in [6.07, 6.45) is 3.27. The van der Waals surface area contributed by atoms with E-state index in [0.717, 1.165) is 5.56 Å². The smallest absolute Gasteiger partial charge is 0.341 e. The number of carboxylic acids is 1. The highest BCUT2D eigenvalue weighted by molar-refractivity contribution is 5.92. The highest BCUT2D eigenvalue weighted by atomic mass is 16.5. The van der Waals surface area contributed by atoms with Crippen LogP contribution in [0.2, 0.25) is 0 Å². The van der Waals surface area contributed by atoms with Gasteiger partial charge < -0.3 is 15.6 Å². The average Bonchev–Trinajstić information content (AvgIpc) is 2.39. The molecule has 2 aromatic heterocycles. The number of methoxy groups -OCH3 is 1. The lowest BCUT2D eigenvalue weighted by Gasteiger charge is -2.04. The van der Waals surface area contributed by atoms with Gasteiger partial charge in [0.2, 0.25) is 5.88 Å². The summed E-state index contributed by atoms with van der Waals surface area (Å²) in [5.41, 5.74) is 6.33. The molecule has 0 unspecified atom stereocenters. The molecule has 0 bridgehead atoms. The van der Waals surface area contributed by atoms with Crippen molar-refractivity contribution in [1.29, 1.82) is 0 Å². The molecule has 7 nitrogen and oxygen atoms in total. The highest BCUT2D eigenvalue weighted by Crippen LogP contribution is 2.12. The van der Waals surface area contributed by atoms with Crippen LogP contribution in [0.15, 0.2) is 24.5 Å². The number of nitrogens with zero attached hydrogens (tertiary/aromatic N) is 3. The lowest BCUT2D eigenvalue weighted by atomic mass is 10.2. The number of anilines is 1. The summed E-state index contributed by atoms with van der Waals surface area (Å²) >= 11 is 0. The second kappa shape index (κ2) is 5.30. The van der Waals surface area contributed by atoms with Crippen LogP contribution in [0.1, 0.15) is 21.7 Å². The van der Waals surface area contributed by atoms with Gasteiger partial charge in [0.05, 0.1) is 7.11 Å². The SMILES string of the molecule is COc1ccc(Cc2ncc(C(=O)O)c(N)n2)cn1. The molecule has 0 aliphatic carbocycles. The largest absolute Gasteiger partial charge is 0.481 e. The summed E-state index contributed by atoms with van der Waals surface area (Å²) in [6.45, 7) is 0. The Balaban J connectivity index is 2.18. The third kappa shape index (κ3) is 2.95. The van der Waals surface area contributed by atoms with Crippen LogP contribution < -0.4 is 10.5 Å². The van der Waals surface area contributed by atoms with Gasteiger partial charge in [-0.05, 0) is 5.56 Å². The van der Waals surface area contributed by atoms with Crippen molar-refractivity contribution in [3.63, 3.8) is 0 Å². The topological polar surface area (TPSA) is 111 Å². The summed E-state index contributed by atoms with van der Waals surface area (Å²) in [6, 6.07) is 3.56. The maximum absolute atomic E-state index is 10.8. The van der Waals surface area contributed by atoms with Gasteiger partial charge in [-0.15, -0.1) is 0 Å². The molecular weight excluding hydrogens is 248 g/mol. The Morgan fingerprint density at radius 3 is 2.68 bits per heavy atom. The quantitative estimate of drug-likeness (QED) is 0.834. The predicted molar refractivity (Wildman–Crippen MR) is 67.0 cm³/mol. The van der Waals surface area contributed by atoms with E-state index in [-0.39, 0.29) is 11.4 Å². The van der Waals surface area contributed by atoms with Crippen LogP contribution in [-0.2, 0) is 6.42 Å². The lowest BCUT2D eigenvalue weighted by Crippen LogP contribution is -2.08. The molecule has 0 atom stereocenters. The minimum Gasteiger partial charge on any atom is -0.481 e. The summed E-state index contributed by atoms with van der Waals surface area (Å²) in [5.74, 6) is -0.228. The Kier molecular flexibility index (Phi) is 3.56. The number of aromatic carboxylic acids is 1. The van der Waals surface area contributed by atoms with E-state index in [9.17, 15) is 4.79 Å². The Bertz CT molecular complexity index is 598. The van der Waals surface area contributed by atoms with Crippen molar-refractivity contribution in [2.75, 3.05) is 12.8 Å². The molecule has 0 spiro atoms. The molecule has 0 saturated heterocycles. The zero-order valence-corrected chi connectivity index (χ0v) is 10.2. The van der Waals surface area contributed by atoms with Gasteiger partial charge in [0, 0.05) is 24.9 Å². The number of nitrogen functional groups attached to an aromatic ring is 1. The number of pyridine rings is 1. The first-order valence-corrected chi connectivity index (χ1v) is 5.43. The molecule has 0 saturated carbocycles. The summed E-state index contributed by atoms with van der Waals surface area (Å²) < 4.78 is 4.95. The predicted octanol–water partition coefficient (Wildman–Crippen LogP) is 0.751. The van der Waals surface area contributed by atoms with Gasteiger partial charge in [0.1, 0.15) is 17.2 Å². The molecule has 0 amide bonds. The zero-order valence-electron chi connectivity index (χ0n) is 10.2. The summed E-state index contributed by atoms with van der Waals surface area (Å²) in [5, 5.41) is 8.82. The van der Waals surface area contributed by atoms with Gasteiger partial charge in [-0.2, -0.15) is 0 Å². The van der Waals surface area contributed by atoms with Crippen molar-refractivity contribution in [3.05, 3.63) is 41.5 Å². The number of hydrogen-bond acceptors (Lipinski definition) is 6. The van der Waals surface area contributed by atoms with Crippen molar-refractivity contribution in [3.8, 4) is 5.88 Å². The third-order valence-electron chi connectivity index (χ3n) is 2.47. The number of carboxylic acid groups (broad SMARTS) is 1. The van der Waals surface area contributed by atoms with E-state index in [1.54, 1.807) is 12.3 Å². The Labute approximate surface area is 109 Å². The van der Waals surface area contributed by atoms with E-state index in [0.29, 0.717) is 18.1 Å². The van der Waals surface area contributed by atoms with Crippen LogP contribution in [-0.4, -0.2) is 33.1 Å². The average molecular weight is 260 g/mol. The molecule has 98 valence electrons. The fraction of sp³-hybridized carbons (Fsp3) is 0.167. The van der Waals surface area contributed by atoms with E-state index in [4.69, 9.17) is 15.6 Å². The van der Waals surface area contributed by atoms with Gasteiger partial charge in [-0.1, -0.05) is 6.07 Å². The minimum atomic E-state index is -1.14. The van der Waals surface area contributed by atoms with Crippen LogP contribution in [0.25, 0.3) is 0 Å². The highest BCUT2D eigenvalue weighted by Gasteiger charge is 2.11. The monoisotopic (exact) mass is 260 g/mol. The van der Waals surface area contributed by atoms with Crippen LogP contribution in [0.4, 0.5) is 5.82 Å². The zero-order chi connectivity index (χ0) is 13.8. The van der Waals surface area contributed by atoms with Crippen LogP contribution in [0, 0.1) is 0 Å². The van der Waals surface area contributed by atoms with Crippen molar-refractivity contribution in [2.45, 2.75) is 6.42 Å². The maximum Gasteiger partial charge on any atom is 0.341 e. The molecular formula is C12H12N4O3. The molecule has 7 heteroatoms. The first-order chi connectivity index (χ1) is 9.10. The molecule has 2 heterocycles. The first kappa shape index (κ1) is 12.7. The number of rotatable bonds is 4. The van der Waals surface area contributed by atoms with Crippen LogP contribution >= 0.6 is 0 Å². The van der Waals surface area contributed by atoms with Crippen LogP contribution in [0.3, 0.4) is 0 Å². The second-order valence-electron chi connectivity index (χ2n) is 3.78. The summed E-state index contributed by atoms with van der Waals surface area (Å²) in [7, 11) is 1.54. The molecule has 2 aromatic rings. The maximum atomic E-state index is 10.8.